The molecule has 3 heterocycles. The monoisotopic (exact) mass is 529 g/mol. The van der Waals surface area contributed by atoms with Gasteiger partial charge >= 0.3 is 12.1 Å². The number of aromatic nitrogens is 3. The van der Waals surface area contributed by atoms with Crippen LogP contribution in [0.5, 0.6) is 0 Å². The van der Waals surface area contributed by atoms with Crippen molar-refractivity contribution in [1.29, 1.82) is 0 Å². The van der Waals surface area contributed by atoms with Crippen molar-refractivity contribution in [2.24, 2.45) is 5.92 Å². The van der Waals surface area contributed by atoms with E-state index in [1.807, 2.05) is 30.6 Å². The summed E-state index contributed by atoms with van der Waals surface area (Å²) in [6.45, 7) is 5.06. The van der Waals surface area contributed by atoms with Crippen LogP contribution in [0, 0.1) is 5.92 Å². The van der Waals surface area contributed by atoms with Crippen molar-refractivity contribution < 1.29 is 27.9 Å². The van der Waals surface area contributed by atoms with Gasteiger partial charge in [-0.2, -0.15) is 13.2 Å². The van der Waals surface area contributed by atoms with E-state index in [-0.39, 0.29) is 5.91 Å². The minimum Gasteiger partial charge on any atom is -0.475 e. The Bertz CT molecular complexity index is 1250. The summed E-state index contributed by atoms with van der Waals surface area (Å²) in [5.74, 6) is -1.37. The number of aryl methyl sites for hydroxylation is 1. The van der Waals surface area contributed by atoms with Crippen LogP contribution in [0.4, 0.5) is 24.8 Å². The highest BCUT2D eigenvalue weighted by Crippen LogP contribution is 2.33. The summed E-state index contributed by atoms with van der Waals surface area (Å²) in [5, 5.41) is 10.2. The Morgan fingerprint density at radius 1 is 1.05 bits per heavy atom. The molecular formula is C27H30F3N5O3. The molecule has 1 aliphatic heterocycles. The fraction of sp³-hybridized carbons (Fsp3) is 0.407. The van der Waals surface area contributed by atoms with Crippen LogP contribution in [0.2, 0.25) is 0 Å². The van der Waals surface area contributed by atoms with Gasteiger partial charge < -0.3 is 19.9 Å². The van der Waals surface area contributed by atoms with Crippen LogP contribution in [0.15, 0.2) is 48.9 Å². The predicted octanol–water partition coefficient (Wildman–Crippen LogP) is 5.40. The molecule has 38 heavy (non-hydrogen) atoms. The van der Waals surface area contributed by atoms with Gasteiger partial charge in [0.15, 0.2) is 0 Å². The normalized spacial score (nSPS) is 15.1. The first-order valence-electron chi connectivity index (χ1n) is 12.6. The maximum atomic E-state index is 13.1. The molecule has 1 amide bonds. The Morgan fingerprint density at radius 3 is 2.18 bits per heavy atom. The van der Waals surface area contributed by atoms with Crippen molar-refractivity contribution in [3.8, 4) is 11.1 Å². The summed E-state index contributed by atoms with van der Waals surface area (Å²) in [6, 6.07) is 10.0. The highest BCUT2D eigenvalue weighted by Gasteiger charge is 2.38. The molecule has 1 saturated carbocycles. The number of nitrogens with zero attached hydrogens (tertiary/aromatic N) is 4. The van der Waals surface area contributed by atoms with E-state index in [4.69, 9.17) is 9.90 Å². The van der Waals surface area contributed by atoms with Crippen molar-refractivity contribution in [1.82, 2.24) is 14.5 Å². The molecule has 2 N–H and O–H groups in total. The molecule has 2 fully saturated rings. The zero-order valence-electron chi connectivity index (χ0n) is 21.0. The lowest BCUT2D eigenvalue weighted by molar-refractivity contribution is -0.192. The van der Waals surface area contributed by atoms with E-state index in [0.717, 1.165) is 48.8 Å². The second kappa shape index (κ2) is 11.7. The molecule has 0 radical (unpaired) electrons. The van der Waals surface area contributed by atoms with Crippen LogP contribution >= 0.6 is 0 Å². The van der Waals surface area contributed by atoms with Gasteiger partial charge in [-0.1, -0.05) is 19.1 Å². The number of amides is 1. The molecule has 8 nitrogen and oxygen atoms in total. The zero-order valence-corrected chi connectivity index (χ0v) is 21.0. The number of hydrogen-bond acceptors (Lipinski definition) is 5. The highest BCUT2D eigenvalue weighted by molar-refractivity contribution is 6.04. The second-order valence-electron chi connectivity index (χ2n) is 9.48. The Kier molecular flexibility index (Phi) is 8.33. The summed E-state index contributed by atoms with van der Waals surface area (Å²) in [7, 11) is 0. The summed E-state index contributed by atoms with van der Waals surface area (Å²) in [4.78, 5) is 33.4. The number of alkyl halides is 3. The van der Waals surface area contributed by atoms with Crippen LogP contribution in [0.25, 0.3) is 11.1 Å². The van der Waals surface area contributed by atoms with Crippen molar-refractivity contribution in [2.45, 2.75) is 51.7 Å². The number of carboxylic acids is 1. The van der Waals surface area contributed by atoms with E-state index in [1.54, 1.807) is 0 Å². The quantitative estimate of drug-likeness (QED) is 0.425. The lowest BCUT2D eigenvalue weighted by Crippen LogP contribution is -2.21. The fourth-order valence-electron chi connectivity index (χ4n) is 4.16. The molecule has 2 aromatic heterocycles. The van der Waals surface area contributed by atoms with Gasteiger partial charge in [-0.05, 0) is 61.8 Å². The van der Waals surface area contributed by atoms with Crippen molar-refractivity contribution in [2.75, 3.05) is 23.3 Å². The summed E-state index contributed by atoms with van der Waals surface area (Å²) in [6.07, 6.45) is 6.61. The first-order valence-corrected chi connectivity index (χ1v) is 12.6. The van der Waals surface area contributed by atoms with Crippen LogP contribution < -0.4 is 10.2 Å². The number of anilines is 2. The van der Waals surface area contributed by atoms with Crippen LogP contribution in [0.1, 0.15) is 48.7 Å². The molecule has 11 heteroatoms. The topological polar surface area (TPSA) is 100 Å². The molecule has 0 bridgehead atoms. The number of rotatable bonds is 7. The minimum atomic E-state index is -5.08. The van der Waals surface area contributed by atoms with E-state index in [1.165, 1.54) is 31.2 Å². The number of carbonyl (C=O) groups is 2. The molecule has 1 aliphatic carbocycles. The van der Waals surface area contributed by atoms with Crippen molar-refractivity contribution in [3.05, 3.63) is 60.2 Å². The number of nitrogens with one attached hydrogen (secondary N) is 1. The Labute approximate surface area is 218 Å². The highest BCUT2D eigenvalue weighted by atomic mass is 19.4. The minimum absolute atomic E-state index is 0.0780. The van der Waals surface area contributed by atoms with E-state index in [2.05, 4.69) is 50.0 Å². The molecule has 1 aromatic carbocycles. The zero-order chi connectivity index (χ0) is 27.3. The smallest absolute Gasteiger partial charge is 0.475 e. The first-order chi connectivity index (χ1) is 18.1. The van der Waals surface area contributed by atoms with E-state index >= 15 is 0 Å². The Morgan fingerprint density at radius 2 is 1.66 bits per heavy atom. The third-order valence-electron chi connectivity index (χ3n) is 6.50. The molecule has 0 atom stereocenters. The average molecular weight is 530 g/mol. The molecule has 202 valence electrons. The maximum absolute atomic E-state index is 13.1. The van der Waals surface area contributed by atoms with E-state index in [9.17, 15) is 18.0 Å². The number of carboxylic acid groups (broad SMARTS) is 1. The van der Waals surface area contributed by atoms with Crippen molar-refractivity contribution in [3.63, 3.8) is 0 Å². The third kappa shape index (κ3) is 7.11. The molecule has 2 aliphatic rings. The van der Waals surface area contributed by atoms with Crippen LogP contribution in [-0.2, 0) is 17.8 Å². The number of carbonyl (C=O) groups excluding carboxylic acids is 1. The van der Waals surface area contributed by atoms with Gasteiger partial charge in [0.2, 0.25) is 5.95 Å². The van der Waals surface area contributed by atoms with Gasteiger partial charge in [0.05, 0.1) is 0 Å². The average Bonchev–Trinajstić information content (AvgIpc) is 3.36. The van der Waals surface area contributed by atoms with Crippen LogP contribution in [0.3, 0.4) is 0 Å². The predicted molar refractivity (Wildman–Crippen MR) is 137 cm³/mol. The lowest BCUT2D eigenvalue weighted by atomic mass is 10.1. The number of halogens is 3. The SMILES string of the molecule is CCc1ccc(NC(=O)c2cc(-c3cnc(N4CCCC4)nc3)cn2CC2CC2)cc1.O=C(O)C(F)(F)F. The fourth-order valence-corrected chi connectivity index (χ4v) is 4.16. The van der Waals surface area contributed by atoms with E-state index in [0.29, 0.717) is 11.6 Å². The number of benzene rings is 1. The van der Waals surface area contributed by atoms with Crippen LogP contribution in [-0.4, -0.2) is 50.8 Å². The molecule has 5 rings (SSSR count). The summed E-state index contributed by atoms with van der Waals surface area (Å²) < 4.78 is 33.8. The van der Waals surface area contributed by atoms with Gasteiger partial charge in [-0.3, -0.25) is 4.79 Å². The van der Waals surface area contributed by atoms with E-state index < -0.39 is 12.1 Å². The lowest BCUT2D eigenvalue weighted by Gasteiger charge is -2.14. The molecular weight excluding hydrogens is 499 g/mol. The number of aliphatic carboxylic acids is 1. The van der Waals surface area contributed by atoms with Crippen molar-refractivity contribution >= 4 is 23.5 Å². The molecule has 3 aromatic rings. The van der Waals surface area contributed by atoms with Gasteiger partial charge in [0.1, 0.15) is 5.69 Å². The molecule has 0 spiro atoms. The van der Waals surface area contributed by atoms with Gasteiger partial charge in [-0.25, -0.2) is 14.8 Å². The van der Waals surface area contributed by atoms with Gasteiger partial charge in [-0.15, -0.1) is 0 Å². The summed E-state index contributed by atoms with van der Waals surface area (Å²) in [5.41, 5.74) is 4.69. The molecule has 1 saturated heterocycles. The largest absolute Gasteiger partial charge is 0.490 e. The summed E-state index contributed by atoms with van der Waals surface area (Å²) >= 11 is 0. The van der Waals surface area contributed by atoms with Gasteiger partial charge in [0, 0.05) is 55.0 Å². The second-order valence-corrected chi connectivity index (χ2v) is 9.48. The number of hydrogen-bond donors (Lipinski definition) is 2. The maximum Gasteiger partial charge on any atom is 0.490 e. The third-order valence-corrected chi connectivity index (χ3v) is 6.50. The Hall–Kier alpha value is -3.89. The Balaban J connectivity index is 0.000000426. The first kappa shape index (κ1) is 27.2. The standard InChI is InChI=1S/C25H29N5O.C2HF3O2/c1-2-18-7-9-22(10-8-18)28-24(31)23-13-20(17-30(23)16-19-5-6-19)21-14-26-25(27-15-21)29-11-3-4-12-29;3-2(4,5)1(6)7/h7-10,13-15,17,19H,2-6,11-12,16H2,1H3,(H,28,31);(H,6,7). The molecule has 0 unspecified atom stereocenters. The van der Waals surface area contributed by atoms with Gasteiger partial charge in [0.25, 0.3) is 5.91 Å².